The van der Waals surface area contributed by atoms with E-state index < -0.39 is 0 Å². The molecule has 2 aromatic heterocycles. The second kappa shape index (κ2) is 6.45. The SMILES string of the molecule is CC(=O)c1ccc(NC(=O)Nc2cc(C)nc3cccnc23)cc1. The molecule has 0 aliphatic rings. The first-order valence-corrected chi connectivity index (χ1v) is 7.44. The third kappa shape index (κ3) is 3.38. The van der Waals surface area contributed by atoms with E-state index in [-0.39, 0.29) is 11.8 Å². The number of aromatic nitrogens is 2. The summed E-state index contributed by atoms with van der Waals surface area (Å²) in [4.78, 5) is 32.1. The molecule has 24 heavy (non-hydrogen) atoms. The number of carbonyl (C=O) groups excluding carboxylic acids is 2. The Hall–Kier alpha value is -3.28. The van der Waals surface area contributed by atoms with Crippen molar-refractivity contribution in [3.05, 3.63) is 59.9 Å². The smallest absolute Gasteiger partial charge is 0.308 e. The molecule has 3 rings (SSSR count). The Kier molecular flexibility index (Phi) is 4.20. The number of amides is 2. The topological polar surface area (TPSA) is 84.0 Å². The van der Waals surface area contributed by atoms with Gasteiger partial charge in [-0.15, -0.1) is 0 Å². The summed E-state index contributed by atoms with van der Waals surface area (Å²) in [7, 11) is 0. The number of Topliss-reactive ketones (excluding diaryl/α,β-unsaturated/α-hetero) is 1. The fraction of sp³-hybridized carbons (Fsp3) is 0.111. The van der Waals surface area contributed by atoms with E-state index in [4.69, 9.17) is 0 Å². The molecule has 0 saturated carbocycles. The summed E-state index contributed by atoms with van der Waals surface area (Å²) in [6.45, 7) is 3.36. The van der Waals surface area contributed by atoms with Gasteiger partial charge in [0.05, 0.1) is 11.2 Å². The number of hydrogen-bond acceptors (Lipinski definition) is 4. The minimum Gasteiger partial charge on any atom is -0.308 e. The van der Waals surface area contributed by atoms with Crippen LogP contribution in [0.4, 0.5) is 16.2 Å². The second-order valence-corrected chi connectivity index (χ2v) is 5.39. The van der Waals surface area contributed by atoms with Crippen molar-refractivity contribution in [1.82, 2.24) is 9.97 Å². The standard InChI is InChI=1S/C18H16N4O2/c1-11-10-16(17-15(20-11)4-3-9-19-17)22-18(24)21-14-7-5-13(6-8-14)12(2)23/h3-10H,1-2H3,(H2,20,21,22,24). The van der Waals surface area contributed by atoms with E-state index in [1.807, 2.05) is 13.0 Å². The molecule has 0 saturated heterocycles. The average Bonchev–Trinajstić information content (AvgIpc) is 2.55. The molecule has 0 atom stereocenters. The molecule has 0 aliphatic carbocycles. The largest absolute Gasteiger partial charge is 0.323 e. The number of pyridine rings is 2. The number of ketones is 1. The van der Waals surface area contributed by atoms with Gasteiger partial charge in [-0.05, 0) is 56.3 Å². The van der Waals surface area contributed by atoms with Gasteiger partial charge in [-0.1, -0.05) is 0 Å². The summed E-state index contributed by atoms with van der Waals surface area (Å²) >= 11 is 0. The van der Waals surface area contributed by atoms with E-state index in [0.717, 1.165) is 11.2 Å². The zero-order chi connectivity index (χ0) is 17.1. The van der Waals surface area contributed by atoms with E-state index in [2.05, 4.69) is 20.6 Å². The van der Waals surface area contributed by atoms with E-state index in [1.165, 1.54) is 6.92 Å². The molecule has 1 aromatic carbocycles. The average molecular weight is 320 g/mol. The lowest BCUT2D eigenvalue weighted by molar-refractivity contribution is 0.101. The van der Waals surface area contributed by atoms with Crippen LogP contribution in [0.1, 0.15) is 23.0 Å². The summed E-state index contributed by atoms with van der Waals surface area (Å²) in [6, 6.07) is 11.7. The number of fused-ring (bicyclic) bond motifs is 1. The van der Waals surface area contributed by atoms with Crippen molar-refractivity contribution in [2.24, 2.45) is 0 Å². The number of nitrogens with zero attached hydrogens (tertiary/aromatic N) is 2. The van der Waals surface area contributed by atoms with Gasteiger partial charge >= 0.3 is 6.03 Å². The third-order valence-electron chi connectivity index (χ3n) is 3.49. The number of urea groups is 1. The first-order chi connectivity index (χ1) is 11.5. The number of aryl methyl sites for hydroxylation is 1. The van der Waals surface area contributed by atoms with Crippen LogP contribution in [0.5, 0.6) is 0 Å². The number of carbonyl (C=O) groups is 2. The summed E-state index contributed by atoms with van der Waals surface area (Å²) in [5, 5.41) is 5.52. The van der Waals surface area contributed by atoms with Gasteiger partial charge < -0.3 is 10.6 Å². The van der Waals surface area contributed by atoms with Crippen molar-refractivity contribution in [3.63, 3.8) is 0 Å². The highest BCUT2D eigenvalue weighted by molar-refractivity contribution is 6.04. The molecule has 0 spiro atoms. The van der Waals surface area contributed by atoms with E-state index in [1.54, 1.807) is 42.6 Å². The van der Waals surface area contributed by atoms with Crippen molar-refractivity contribution in [2.45, 2.75) is 13.8 Å². The number of benzene rings is 1. The molecule has 0 bridgehead atoms. The summed E-state index contributed by atoms with van der Waals surface area (Å²) in [5.41, 5.74) is 3.93. The summed E-state index contributed by atoms with van der Waals surface area (Å²) < 4.78 is 0. The van der Waals surface area contributed by atoms with Crippen LogP contribution in [-0.4, -0.2) is 21.8 Å². The first kappa shape index (κ1) is 15.6. The Bertz CT molecular complexity index is 920. The van der Waals surface area contributed by atoms with Crippen molar-refractivity contribution in [1.29, 1.82) is 0 Å². The van der Waals surface area contributed by atoms with Crippen LogP contribution in [0.25, 0.3) is 11.0 Å². The highest BCUT2D eigenvalue weighted by atomic mass is 16.2. The van der Waals surface area contributed by atoms with Crippen molar-refractivity contribution in [2.75, 3.05) is 10.6 Å². The lowest BCUT2D eigenvalue weighted by Crippen LogP contribution is -2.20. The monoisotopic (exact) mass is 320 g/mol. The van der Waals surface area contributed by atoms with Crippen LogP contribution in [0.3, 0.4) is 0 Å². The van der Waals surface area contributed by atoms with Gasteiger partial charge in [-0.2, -0.15) is 0 Å². The Labute approximate surface area is 138 Å². The van der Waals surface area contributed by atoms with Gasteiger partial charge in [0.2, 0.25) is 0 Å². The first-order valence-electron chi connectivity index (χ1n) is 7.44. The Morgan fingerprint density at radius 2 is 1.79 bits per heavy atom. The summed E-state index contributed by atoms with van der Waals surface area (Å²) in [6.07, 6.45) is 1.66. The van der Waals surface area contributed by atoms with Crippen LogP contribution in [0, 0.1) is 6.92 Å². The van der Waals surface area contributed by atoms with Gasteiger partial charge in [0.25, 0.3) is 0 Å². The molecule has 0 fully saturated rings. The molecular formula is C18H16N4O2. The highest BCUT2D eigenvalue weighted by Gasteiger charge is 2.09. The summed E-state index contributed by atoms with van der Waals surface area (Å²) in [5.74, 6) is -0.0178. The van der Waals surface area contributed by atoms with E-state index in [9.17, 15) is 9.59 Å². The molecule has 2 N–H and O–H groups in total. The minimum absolute atomic E-state index is 0.0178. The minimum atomic E-state index is -0.386. The zero-order valence-corrected chi connectivity index (χ0v) is 13.3. The molecular weight excluding hydrogens is 304 g/mol. The molecule has 2 amide bonds. The van der Waals surface area contributed by atoms with Gasteiger partial charge in [0.15, 0.2) is 5.78 Å². The fourth-order valence-corrected chi connectivity index (χ4v) is 2.36. The number of nitrogens with one attached hydrogen (secondary N) is 2. The van der Waals surface area contributed by atoms with Crippen LogP contribution >= 0.6 is 0 Å². The zero-order valence-electron chi connectivity index (χ0n) is 13.3. The Morgan fingerprint density at radius 3 is 2.50 bits per heavy atom. The van der Waals surface area contributed by atoms with Gasteiger partial charge in [-0.3, -0.25) is 14.8 Å². The molecule has 0 unspecified atom stereocenters. The predicted octanol–water partition coefficient (Wildman–Crippen LogP) is 3.78. The normalized spacial score (nSPS) is 10.4. The maximum Gasteiger partial charge on any atom is 0.323 e. The molecule has 2 heterocycles. The Balaban J connectivity index is 1.79. The number of rotatable bonds is 3. The van der Waals surface area contributed by atoms with Crippen molar-refractivity contribution >= 4 is 34.2 Å². The van der Waals surface area contributed by atoms with Gasteiger partial charge in [-0.25, -0.2) is 4.79 Å². The molecule has 0 aliphatic heterocycles. The van der Waals surface area contributed by atoms with Gasteiger partial charge in [0, 0.05) is 23.1 Å². The van der Waals surface area contributed by atoms with Crippen LogP contribution < -0.4 is 10.6 Å². The molecule has 6 heteroatoms. The number of hydrogen-bond donors (Lipinski definition) is 2. The maximum absolute atomic E-state index is 12.2. The molecule has 120 valence electrons. The quantitative estimate of drug-likeness (QED) is 0.719. The fourth-order valence-electron chi connectivity index (χ4n) is 2.36. The van der Waals surface area contributed by atoms with Crippen molar-refractivity contribution < 1.29 is 9.59 Å². The highest BCUT2D eigenvalue weighted by Crippen LogP contribution is 2.21. The Morgan fingerprint density at radius 1 is 1.04 bits per heavy atom. The van der Waals surface area contributed by atoms with Crippen molar-refractivity contribution in [3.8, 4) is 0 Å². The third-order valence-corrected chi connectivity index (χ3v) is 3.49. The molecule has 6 nitrogen and oxygen atoms in total. The van der Waals surface area contributed by atoms with Crippen LogP contribution in [0.2, 0.25) is 0 Å². The predicted molar refractivity (Wildman–Crippen MR) is 93.4 cm³/mol. The van der Waals surface area contributed by atoms with Gasteiger partial charge in [0.1, 0.15) is 5.52 Å². The second-order valence-electron chi connectivity index (χ2n) is 5.39. The van der Waals surface area contributed by atoms with E-state index >= 15 is 0 Å². The van der Waals surface area contributed by atoms with Crippen LogP contribution in [-0.2, 0) is 0 Å². The maximum atomic E-state index is 12.2. The van der Waals surface area contributed by atoms with Crippen LogP contribution in [0.15, 0.2) is 48.7 Å². The molecule has 0 radical (unpaired) electrons. The van der Waals surface area contributed by atoms with E-state index in [0.29, 0.717) is 22.5 Å². The molecule has 3 aromatic rings. The lowest BCUT2D eigenvalue weighted by Gasteiger charge is -2.10. The lowest BCUT2D eigenvalue weighted by atomic mass is 10.1. The number of anilines is 2.